The van der Waals surface area contributed by atoms with Crippen molar-refractivity contribution in [3.63, 3.8) is 0 Å². The number of carbonyl (C=O) groups is 2. The van der Waals surface area contributed by atoms with Crippen LogP contribution in [0.5, 0.6) is 5.75 Å². The third-order valence-electron chi connectivity index (χ3n) is 5.45. The number of fused-ring (bicyclic) bond motifs is 1. The summed E-state index contributed by atoms with van der Waals surface area (Å²) in [5.41, 5.74) is 1.06. The lowest BCUT2D eigenvalue weighted by molar-refractivity contribution is -0.125. The molecule has 0 radical (unpaired) electrons. The van der Waals surface area contributed by atoms with Crippen LogP contribution in [0.15, 0.2) is 41.8 Å². The van der Waals surface area contributed by atoms with Crippen LogP contribution in [0.3, 0.4) is 0 Å². The topological polar surface area (TPSA) is 82.5 Å². The average Bonchev–Trinajstić information content (AvgIpc) is 3.42. The molecule has 2 amide bonds. The number of nitrogens with one attached hydrogen (secondary N) is 1. The van der Waals surface area contributed by atoms with Gasteiger partial charge in [-0.15, -0.1) is 11.3 Å². The highest BCUT2D eigenvalue weighted by Crippen LogP contribution is 2.31. The Balaban J connectivity index is 1.48. The molecule has 2 N–H and O–H groups in total. The predicted octanol–water partition coefficient (Wildman–Crippen LogP) is 4.05. The van der Waals surface area contributed by atoms with E-state index in [2.05, 4.69) is 24.1 Å². The number of hydrogen-bond donors (Lipinski definition) is 2. The Morgan fingerprint density at radius 1 is 1.27 bits per heavy atom. The minimum absolute atomic E-state index is 0.0344. The van der Waals surface area contributed by atoms with Crippen molar-refractivity contribution in [3.05, 3.63) is 58.0 Å². The number of rotatable bonds is 5. The fourth-order valence-corrected chi connectivity index (χ4v) is 4.66. The zero-order valence-corrected chi connectivity index (χ0v) is 17.9. The second-order valence-corrected chi connectivity index (χ2v) is 8.78. The standard InChI is InChI=1S/C23H25N3O3S/c1-14(2)22-25-16(13-30-22)12-24-21(28)19-8-5-11-26(19)23(29)18-10-9-15-6-3-4-7-17(15)20(18)27/h3-4,6-7,9-10,13-14,19,27H,5,8,11-12H2,1-2H3,(H,24,28). The van der Waals surface area contributed by atoms with E-state index in [0.29, 0.717) is 30.8 Å². The van der Waals surface area contributed by atoms with Crippen molar-refractivity contribution in [1.82, 2.24) is 15.2 Å². The van der Waals surface area contributed by atoms with Crippen LogP contribution in [-0.2, 0) is 11.3 Å². The summed E-state index contributed by atoms with van der Waals surface area (Å²) in [4.78, 5) is 32.1. The molecule has 0 saturated carbocycles. The van der Waals surface area contributed by atoms with E-state index in [0.717, 1.165) is 22.5 Å². The maximum Gasteiger partial charge on any atom is 0.258 e. The van der Waals surface area contributed by atoms with Gasteiger partial charge < -0.3 is 15.3 Å². The summed E-state index contributed by atoms with van der Waals surface area (Å²) < 4.78 is 0. The van der Waals surface area contributed by atoms with Crippen LogP contribution in [-0.4, -0.2) is 39.4 Å². The van der Waals surface area contributed by atoms with Gasteiger partial charge in [-0.1, -0.05) is 44.2 Å². The molecule has 3 aromatic rings. The van der Waals surface area contributed by atoms with Gasteiger partial charge in [0.1, 0.15) is 11.8 Å². The van der Waals surface area contributed by atoms with E-state index < -0.39 is 6.04 Å². The van der Waals surface area contributed by atoms with Gasteiger partial charge in [-0.25, -0.2) is 4.98 Å². The first kappa shape index (κ1) is 20.3. The fourth-order valence-electron chi connectivity index (χ4n) is 3.83. The molecular weight excluding hydrogens is 398 g/mol. The molecule has 2 heterocycles. The van der Waals surface area contributed by atoms with Gasteiger partial charge >= 0.3 is 0 Å². The van der Waals surface area contributed by atoms with Gasteiger partial charge in [0, 0.05) is 23.2 Å². The Labute approximate surface area is 179 Å². The molecule has 1 unspecified atom stereocenters. The Bertz CT molecular complexity index is 1090. The van der Waals surface area contributed by atoms with Crippen LogP contribution < -0.4 is 5.32 Å². The van der Waals surface area contributed by atoms with Gasteiger partial charge in [0.2, 0.25) is 5.91 Å². The number of thiazole rings is 1. The quantitative estimate of drug-likeness (QED) is 0.649. The molecule has 1 atom stereocenters. The molecule has 7 heteroatoms. The minimum atomic E-state index is -0.536. The van der Waals surface area contributed by atoms with Crippen molar-refractivity contribution in [3.8, 4) is 5.75 Å². The van der Waals surface area contributed by atoms with Crippen molar-refractivity contribution in [2.45, 2.75) is 45.2 Å². The fraction of sp³-hybridized carbons (Fsp3) is 0.348. The van der Waals surface area contributed by atoms with E-state index in [1.807, 2.05) is 29.6 Å². The van der Waals surface area contributed by atoms with Crippen molar-refractivity contribution < 1.29 is 14.7 Å². The van der Waals surface area contributed by atoms with Gasteiger partial charge in [-0.2, -0.15) is 0 Å². The lowest BCUT2D eigenvalue weighted by Gasteiger charge is -2.24. The molecule has 1 saturated heterocycles. The summed E-state index contributed by atoms with van der Waals surface area (Å²) in [5, 5.41) is 18.1. The zero-order valence-electron chi connectivity index (χ0n) is 17.1. The van der Waals surface area contributed by atoms with E-state index in [-0.39, 0.29) is 23.1 Å². The first-order chi connectivity index (χ1) is 14.5. The monoisotopic (exact) mass is 423 g/mol. The van der Waals surface area contributed by atoms with Crippen molar-refractivity contribution in [2.24, 2.45) is 0 Å². The first-order valence-corrected chi connectivity index (χ1v) is 11.1. The largest absolute Gasteiger partial charge is 0.506 e. The molecule has 1 aromatic heterocycles. The van der Waals surface area contributed by atoms with Gasteiger partial charge in [0.25, 0.3) is 5.91 Å². The van der Waals surface area contributed by atoms with Crippen molar-refractivity contribution in [1.29, 1.82) is 0 Å². The molecule has 1 aliphatic rings. The smallest absolute Gasteiger partial charge is 0.258 e. The van der Waals surface area contributed by atoms with Crippen molar-refractivity contribution in [2.75, 3.05) is 6.54 Å². The molecule has 30 heavy (non-hydrogen) atoms. The highest BCUT2D eigenvalue weighted by molar-refractivity contribution is 7.09. The first-order valence-electron chi connectivity index (χ1n) is 10.2. The van der Waals surface area contributed by atoms with Crippen LogP contribution >= 0.6 is 11.3 Å². The van der Waals surface area contributed by atoms with E-state index in [4.69, 9.17) is 0 Å². The number of phenols is 1. The van der Waals surface area contributed by atoms with Crippen molar-refractivity contribution >= 4 is 33.9 Å². The maximum atomic E-state index is 13.2. The summed E-state index contributed by atoms with van der Waals surface area (Å²) in [7, 11) is 0. The summed E-state index contributed by atoms with van der Waals surface area (Å²) in [6.45, 7) is 5.02. The average molecular weight is 424 g/mol. The molecule has 6 nitrogen and oxygen atoms in total. The van der Waals surface area contributed by atoms with Gasteiger partial charge in [-0.3, -0.25) is 9.59 Å². The van der Waals surface area contributed by atoms with Crippen LogP contribution in [0.4, 0.5) is 0 Å². The van der Waals surface area contributed by atoms with Crippen LogP contribution in [0.25, 0.3) is 10.8 Å². The summed E-state index contributed by atoms with van der Waals surface area (Å²) in [6.07, 6.45) is 1.37. The number of likely N-dealkylation sites (tertiary alicyclic amines) is 1. The number of nitrogens with zero attached hydrogens (tertiary/aromatic N) is 2. The second kappa shape index (κ2) is 8.44. The molecule has 2 aromatic carbocycles. The van der Waals surface area contributed by atoms with Gasteiger partial charge in [0.05, 0.1) is 22.8 Å². The Morgan fingerprint density at radius 2 is 2.07 bits per heavy atom. The van der Waals surface area contributed by atoms with Gasteiger partial charge in [-0.05, 0) is 24.3 Å². The summed E-state index contributed by atoms with van der Waals surface area (Å²) in [6, 6.07) is 10.3. The zero-order chi connectivity index (χ0) is 21.3. The number of carbonyl (C=O) groups excluding carboxylic acids is 2. The minimum Gasteiger partial charge on any atom is -0.506 e. The summed E-state index contributed by atoms with van der Waals surface area (Å²) in [5.74, 6) is -0.170. The summed E-state index contributed by atoms with van der Waals surface area (Å²) >= 11 is 1.59. The Kier molecular flexibility index (Phi) is 5.72. The highest BCUT2D eigenvalue weighted by atomic mass is 32.1. The molecule has 1 aliphatic heterocycles. The van der Waals surface area contributed by atoms with Gasteiger partial charge in [0.15, 0.2) is 0 Å². The second-order valence-electron chi connectivity index (χ2n) is 7.89. The molecular formula is C23H25N3O3S. The third-order valence-corrected chi connectivity index (χ3v) is 6.65. The number of aromatic hydroxyl groups is 1. The molecule has 0 spiro atoms. The number of amides is 2. The molecule has 0 aliphatic carbocycles. The molecule has 156 valence electrons. The molecule has 4 rings (SSSR count). The number of benzene rings is 2. The van der Waals surface area contributed by atoms with Crippen LogP contribution in [0, 0.1) is 0 Å². The molecule has 1 fully saturated rings. The highest BCUT2D eigenvalue weighted by Gasteiger charge is 2.35. The number of aromatic nitrogens is 1. The maximum absolute atomic E-state index is 13.2. The SMILES string of the molecule is CC(C)c1nc(CNC(=O)C2CCCN2C(=O)c2ccc3ccccc3c2O)cs1. The number of hydrogen-bond acceptors (Lipinski definition) is 5. The molecule has 0 bridgehead atoms. The van der Waals surface area contributed by atoms with Crippen LogP contribution in [0.1, 0.15) is 53.7 Å². The number of phenolic OH excluding ortho intramolecular Hbond substituents is 1. The Morgan fingerprint density at radius 3 is 2.83 bits per heavy atom. The van der Waals surface area contributed by atoms with E-state index >= 15 is 0 Å². The van der Waals surface area contributed by atoms with E-state index in [1.165, 1.54) is 0 Å². The predicted molar refractivity (Wildman–Crippen MR) is 118 cm³/mol. The van der Waals surface area contributed by atoms with Crippen LogP contribution in [0.2, 0.25) is 0 Å². The normalized spacial score (nSPS) is 16.4. The lowest BCUT2D eigenvalue weighted by Crippen LogP contribution is -2.45. The van der Waals surface area contributed by atoms with E-state index in [9.17, 15) is 14.7 Å². The third kappa shape index (κ3) is 3.89. The van der Waals surface area contributed by atoms with E-state index in [1.54, 1.807) is 28.4 Å². The Hall–Kier alpha value is -2.93. The lowest BCUT2D eigenvalue weighted by atomic mass is 10.0.